The molecule has 1 amide bonds. The third-order valence-corrected chi connectivity index (χ3v) is 4.34. The van der Waals surface area contributed by atoms with Crippen LogP contribution in [0.1, 0.15) is 5.56 Å². The van der Waals surface area contributed by atoms with E-state index in [1.807, 2.05) is 30.3 Å². The van der Waals surface area contributed by atoms with Crippen LogP contribution in [0.15, 0.2) is 65.8 Å². The number of para-hydroxylation sites is 1. The summed E-state index contributed by atoms with van der Waals surface area (Å²) in [5, 5.41) is 7.16. The van der Waals surface area contributed by atoms with Crippen molar-refractivity contribution < 1.29 is 9.18 Å². The molecule has 4 aromatic rings. The topological polar surface area (TPSA) is 81.8 Å². The zero-order valence-corrected chi connectivity index (χ0v) is 15.0. The van der Waals surface area contributed by atoms with Gasteiger partial charge in [0.1, 0.15) is 24.1 Å². The van der Waals surface area contributed by atoms with Crippen molar-refractivity contribution in [3.05, 3.63) is 82.8 Å². The van der Waals surface area contributed by atoms with Crippen LogP contribution >= 0.6 is 0 Å². The summed E-state index contributed by atoms with van der Waals surface area (Å²) in [6.07, 6.45) is 2.74. The van der Waals surface area contributed by atoms with Gasteiger partial charge in [-0.2, -0.15) is 5.10 Å². The van der Waals surface area contributed by atoms with Gasteiger partial charge in [-0.25, -0.2) is 14.1 Å². The van der Waals surface area contributed by atoms with Crippen LogP contribution in [0.25, 0.3) is 16.7 Å². The molecule has 4 rings (SSSR count). The van der Waals surface area contributed by atoms with Gasteiger partial charge in [-0.3, -0.25) is 14.2 Å². The predicted molar refractivity (Wildman–Crippen MR) is 103 cm³/mol. The van der Waals surface area contributed by atoms with Gasteiger partial charge in [0.2, 0.25) is 5.91 Å². The first-order valence-corrected chi connectivity index (χ1v) is 8.57. The Hall–Kier alpha value is -3.81. The minimum Gasteiger partial charge on any atom is -0.324 e. The Labute approximate surface area is 159 Å². The lowest BCUT2D eigenvalue weighted by Crippen LogP contribution is -2.28. The van der Waals surface area contributed by atoms with Crippen LogP contribution in [0.2, 0.25) is 0 Å². The molecule has 0 fully saturated rings. The molecule has 2 aromatic carbocycles. The number of nitrogens with one attached hydrogen (secondary N) is 1. The maximum absolute atomic E-state index is 13.4. The molecule has 0 aliphatic rings. The maximum Gasteiger partial charge on any atom is 0.264 e. The Morgan fingerprint density at radius 2 is 1.96 bits per heavy atom. The zero-order valence-electron chi connectivity index (χ0n) is 15.0. The summed E-state index contributed by atoms with van der Waals surface area (Å²) in [6.45, 7) is 1.51. The summed E-state index contributed by atoms with van der Waals surface area (Å²) < 4.78 is 16.1. The highest BCUT2D eigenvalue weighted by atomic mass is 19.1. The van der Waals surface area contributed by atoms with Gasteiger partial charge in [0, 0.05) is 5.69 Å². The maximum atomic E-state index is 13.4. The average Bonchev–Trinajstić information content (AvgIpc) is 3.12. The van der Waals surface area contributed by atoms with Gasteiger partial charge in [0.15, 0.2) is 5.65 Å². The van der Waals surface area contributed by atoms with Crippen molar-refractivity contribution in [2.24, 2.45) is 0 Å². The summed E-state index contributed by atoms with van der Waals surface area (Å²) in [5.74, 6) is -0.901. The van der Waals surface area contributed by atoms with E-state index in [4.69, 9.17) is 0 Å². The standard InChI is InChI=1S/C20H16FN5O2/c1-13-7-8-14(21)9-17(13)24-18(27)11-25-12-22-19-16(20(25)28)10-23-26(19)15-5-3-2-4-6-15/h2-10,12H,11H2,1H3,(H,24,27). The Morgan fingerprint density at radius 3 is 2.75 bits per heavy atom. The summed E-state index contributed by atoms with van der Waals surface area (Å²) in [6, 6.07) is 13.4. The zero-order chi connectivity index (χ0) is 19.7. The second-order valence-electron chi connectivity index (χ2n) is 6.31. The molecule has 28 heavy (non-hydrogen) atoms. The van der Waals surface area contributed by atoms with Crippen LogP contribution in [0.4, 0.5) is 10.1 Å². The molecule has 0 saturated carbocycles. The van der Waals surface area contributed by atoms with E-state index in [0.29, 0.717) is 16.7 Å². The van der Waals surface area contributed by atoms with Gasteiger partial charge in [-0.15, -0.1) is 0 Å². The Morgan fingerprint density at radius 1 is 1.18 bits per heavy atom. The fourth-order valence-corrected chi connectivity index (χ4v) is 2.89. The van der Waals surface area contributed by atoms with Gasteiger partial charge < -0.3 is 5.32 Å². The molecule has 2 aromatic heterocycles. The van der Waals surface area contributed by atoms with Crippen molar-refractivity contribution in [1.29, 1.82) is 0 Å². The van der Waals surface area contributed by atoms with Crippen LogP contribution in [0.3, 0.4) is 0 Å². The molecular weight excluding hydrogens is 361 g/mol. The first-order chi connectivity index (χ1) is 13.5. The third-order valence-electron chi connectivity index (χ3n) is 4.34. The summed E-state index contributed by atoms with van der Waals surface area (Å²) in [4.78, 5) is 29.3. The van der Waals surface area contributed by atoms with Crippen LogP contribution in [-0.2, 0) is 11.3 Å². The molecule has 140 valence electrons. The Bertz CT molecular complexity index is 1230. The Kier molecular flexibility index (Phi) is 4.44. The first kappa shape index (κ1) is 17.6. The van der Waals surface area contributed by atoms with E-state index in [1.54, 1.807) is 17.7 Å². The lowest BCUT2D eigenvalue weighted by molar-refractivity contribution is -0.116. The monoisotopic (exact) mass is 377 g/mol. The van der Waals surface area contributed by atoms with Gasteiger partial charge in [-0.05, 0) is 36.8 Å². The second kappa shape index (κ2) is 7.07. The van der Waals surface area contributed by atoms with E-state index in [1.165, 1.54) is 29.2 Å². The van der Waals surface area contributed by atoms with E-state index in [0.717, 1.165) is 11.3 Å². The molecule has 0 aliphatic carbocycles. The summed E-state index contributed by atoms with van der Waals surface area (Å²) >= 11 is 0. The van der Waals surface area contributed by atoms with Gasteiger partial charge in [-0.1, -0.05) is 24.3 Å². The number of hydrogen-bond donors (Lipinski definition) is 1. The quantitative estimate of drug-likeness (QED) is 0.593. The SMILES string of the molecule is Cc1ccc(F)cc1NC(=O)Cn1cnc2c(cnn2-c2ccccc2)c1=O. The molecule has 7 nitrogen and oxygen atoms in total. The van der Waals surface area contributed by atoms with Crippen LogP contribution in [0, 0.1) is 12.7 Å². The molecule has 0 bridgehead atoms. The fourth-order valence-electron chi connectivity index (χ4n) is 2.89. The number of benzene rings is 2. The number of nitrogens with zero attached hydrogens (tertiary/aromatic N) is 4. The highest BCUT2D eigenvalue weighted by Crippen LogP contribution is 2.16. The molecule has 0 spiro atoms. The molecule has 2 heterocycles. The lowest BCUT2D eigenvalue weighted by atomic mass is 10.2. The first-order valence-electron chi connectivity index (χ1n) is 8.57. The van der Waals surface area contributed by atoms with Gasteiger partial charge in [0.05, 0.1) is 11.9 Å². The molecule has 0 aliphatic heterocycles. The highest BCUT2D eigenvalue weighted by molar-refractivity contribution is 5.91. The minimum absolute atomic E-state index is 0.242. The summed E-state index contributed by atoms with van der Waals surface area (Å²) in [7, 11) is 0. The van der Waals surface area contributed by atoms with E-state index in [2.05, 4.69) is 15.4 Å². The smallest absolute Gasteiger partial charge is 0.264 e. The number of carbonyl (C=O) groups excluding carboxylic acids is 1. The van der Waals surface area contributed by atoms with E-state index in [9.17, 15) is 14.0 Å². The number of rotatable bonds is 4. The average molecular weight is 377 g/mol. The van der Waals surface area contributed by atoms with Crippen molar-refractivity contribution in [3.8, 4) is 5.69 Å². The van der Waals surface area contributed by atoms with Crippen LogP contribution < -0.4 is 10.9 Å². The van der Waals surface area contributed by atoms with E-state index < -0.39 is 11.7 Å². The molecule has 0 atom stereocenters. The van der Waals surface area contributed by atoms with Crippen LogP contribution in [0.5, 0.6) is 0 Å². The van der Waals surface area contributed by atoms with Crippen molar-refractivity contribution in [2.45, 2.75) is 13.5 Å². The molecular formula is C20H16FN5O2. The van der Waals surface area contributed by atoms with Crippen molar-refractivity contribution in [3.63, 3.8) is 0 Å². The van der Waals surface area contributed by atoms with Crippen molar-refractivity contribution in [2.75, 3.05) is 5.32 Å². The number of aryl methyl sites for hydroxylation is 1. The number of halogens is 1. The normalized spacial score (nSPS) is 10.9. The number of aromatic nitrogens is 4. The second-order valence-corrected chi connectivity index (χ2v) is 6.31. The van der Waals surface area contributed by atoms with Gasteiger partial charge >= 0.3 is 0 Å². The lowest BCUT2D eigenvalue weighted by Gasteiger charge is -2.10. The number of amides is 1. The molecule has 1 N–H and O–H groups in total. The summed E-state index contributed by atoms with van der Waals surface area (Å²) in [5.41, 5.74) is 1.90. The fraction of sp³-hybridized carbons (Fsp3) is 0.100. The Balaban J connectivity index is 1.61. The number of fused-ring (bicyclic) bond motifs is 1. The number of carbonyl (C=O) groups is 1. The van der Waals surface area contributed by atoms with E-state index in [-0.39, 0.29) is 12.1 Å². The van der Waals surface area contributed by atoms with E-state index >= 15 is 0 Å². The van der Waals surface area contributed by atoms with Crippen LogP contribution in [-0.4, -0.2) is 25.2 Å². The molecule has 0 radical (unpaired) electrons. The number of hydrogen-bond acceptors (Lipinski definition) is 4. The largest absolute Gasteiger partial charge is 0.324 e. The molecule has 8 heteroatoms. The highest BCUT2D eigenvalue weighted by Gasteiger charge is 2.14. The molecule has 0 unspecified atom stereocenters. The molecule has 0 saturated heterocycles. The number of anilines is 1. The predicted octanol–water partition coefficient (Wildman–Crippen LogP) is 2.67. The third kappa shape index (κ3) is 3.27. The van der Waals surface area contributed by atoms with Crippen molar-refractivity contribution >= 4 is 22.6 Å². The van der Waals surface area contributed by atoms with Gasteiger partial charge in [0.25, 0.3) is 5.56 Å². The van der Waals surface area contributed by atoms with Crippen molar-refractivity contribution in [1.82, 2.24) is 19.3 Å². The minimum atomic E-state index is -0.451.